The Balaban J connectivity index is 2.39. The van der Waals surface area contributed by atoms with Crippen molar-refractivity contribution in [3.05, 3.63) is 0 Å². The Kier molecular flexibility index (Phi) is 0.625. The van der Waals surface area contributed by atoms with Gasteiger partial charge in [-0.1, -0.05) is 0 Å². The minimum atomic E-state index is -0.424. The van der Waals surface area contributed by atoms with Crippen molar-refractivity contribution in [1.82, 2.24) is 4.90 Å². The van der Waals surface area contributed by atoms with E-state index in [-0.39, 0.29) is 0 Å². The molecule has 1 amide bonds. The minimum absolute atomic E-state index is 0.361. The molecular weight excluding hydrogens is 120 g/mol. The van der Waals surface area contributed by atoms with Crippen LogP contribution in [-0.4, -0.2) is 35.5 Å². The number of amidine groups is 1. The summed E-state index contributed by atoms with van der Waals surface area (Å²) in [5.74, 6) is -0.459. The van der Waals surface area contributed by atoms with Crippen LogP contribution in [0, 0.1) is 0 Å². The van der Waals surface area contributed by atoms with Gasteiger partial charge in [0.2, 0.25) is 0 Å². The molecule has 0 aliphatic carbocycles. The van der Waals surface area contributed by atoms with Crippen LogP contribution < -0.4 is 0 Å². The average Bonchev–Trinajstić information content (AvgIpc) is 2.30. The molecule has 0 bridgehead atoms. The Labute approximate surface area is 51.2 Å². The number of nitrogens with zero attached hydrogens (tertiary/aromatic N) is 2. The fraction of sp³-hybridized carbons (Fsp3) is 0.400. The zero-order valence-corrected chi connectivity index (χ0v) is 4.63. The number of carbonyl (C=O) groups excluding carboxylic acids is 2. The van der Waals surface area contributed by atoms with Crippen molar-refractivity contribution < 1.29 is 9.59 Å². The monoisotopic (exact) mass is 124 g/mol. The van der Waals surface area contributed by atoms with Crippen molar-refractivity contribution in [2.24, 2.45) is 4.99 Å². The van der Waals surface area contributed by atoms with Crippen molar-refractivity contribution in [2.45, 2.75) is 0 Å². The van der Waals surface area contributed by atoms with E-state index >= 15 is 0 Å². The number of hydrogen-bond acceptors (Lipinski definition) is 3. The number of Topliss-reactive ketones (excluding diaryl/α,β-unsaturated/α-hetero) is 1. The van der Waals surface area contributed by atoms with Crippen molar-refractivity contribution >= 4 is 17.5 Å². The maximum absolute atomic E-state index is 10.5. The molecule has 2 rings (SSSR count). The molecule has 0 N–H and O–H groups in total. The highest BCUT2D eigenvalue weighted by Crippen LogP contribution is 2.13. The molecular formula is C5H4N2O2. The van der Waals surface area contributed by atoms with Crippen LogP contribution in [0.3, 0.4) is 0 Å². The molecule has 2 aliphatic heterocycles. The van der Waals surface area contributed by atoms with E-state index in [1.54, 1.807) is 0 Å². The Bertz CT molecular complexity index is 231. The maximum Gasteiger partial charge on any atom is 0.304 e. The first kappa shape index (κ1) is 4.67. The third-order valence-corrected chi connectivity index (χ3v) is 1.48. The molecule has 4 nitrogen and oxygen atoms in total. The van der Waals surface area contributed by atoms with E-state index in [0.29, 0.717) is 18.9 Å². The Morgan fingerprint density at radius 3 is 2.89 bits per heavy atom. The Hall–Kier alpha value is -1.19. The minimum Gasteiger partial charge on any atom is -0.285 e. The smallest absolute Gasteiger partial charge is 0.285 e. The molecule has 0 aromatic heterocycles. The summed E-state index contributed by atoms with van der Waals surface area (Å²) in [5, 5.41) is 0. The zero-order chi connectivity index (χ0) is 6.43. The number of β-lactam (4-membered cyclic amide) rings is 1. The van der Waals surface area contributed by atoms with Crippen LogP contribution in [0.4, 0.5) is 0 Å². The standard InChI is InChI=1S/C5H4N2O2/c8-3-4-6-1-2-7(4)5(3)9/h1-2H2. The summed E-state index contributed by atoms with van der Waals surface area (Å²) in [6, 6.07) is 0. The van der Waals surface area contributed by atoms with Gasteiger partial charge in [-0.05, 0) is 0 Å². The highest BCUT2D eigenvalue weighted by Gasteiger charge is 2.44. The van der Waals surface area contributed by atoms with Gasteiger partial charge in [-0.2, -0.15) is 0 Å². The topological polar surface area (TPSA) is 49.7 Å². The molecule has 0 saturated carbocycles. The summed E-state index contributed by atoms with van der Waals surface area (Å²) in [6.45, 7) is 1.19. The molecule has 9 heavy (non-hydrogen) atoms. The lowest BCUT2D eigenvalue weighted by molar-refractivity contribution is -0.143. The second-order valence-corrected chi connectivity index (χ2v) is 1.99. The Morgan fingerprint density at radius 1 is 1.44 bits per heavy atom. The van der Waals surface area contributed by atoms with Gasteiger partial charge in [0, 0.05) is 6.54 Å². The second kappa shape index (κ2) is 1.21. The first-order chi connectivity index (χ1) is 4.30. The summed E-state index contributed by atoms with van der Waals surface area (Å²) >= 11 is 0. The van der Waals surface area contributed by atoms with Gasteiger partial charge in [0.25, 0.3) is 5.78 Å². The molecule has 0 radical (unpaired) electrons. The lowest BCUT2D eigenvalue weighted by Gasteiger charge is -2.23. The van der Waals surface area contributed by atoms with Gasteiger partial charge in [0.05, 0.1) is 6.54 Å². The second-order valence-electron chi connectivity index (χ2n) is 1.99. The molecule has 46 valence electrons. The normalized spacial score (nSPS) is 23.6. The summed E-state index contributed by atoms with van der Waals surface area (Å²) in [7, 11) is 0. The third-order valence-electron chi connectivity index (χ3n) is 1.48. The molecule has 4 heteroatoms. The predicted octanol–water partition coefficient (Wildman–Crippen LogP) is -1.19. The van der Waals surface area contributed by atoms with Crippen LogP contribution in [0.1, 0.15) is 0 Å². The van der Waals surface area contributed by atoms with Gasteiger partial charge in [0.15, 0.2) is 5.84 Å². The average molecular weight is 124 g/mol. The lowest BCUT2D eigenvalue weighted by atomic mass is 10.2. The molecule has 1 saturated heterocycles. The van der Waals surface area contributed by atoms with E-state index in [1.807, 2.05) is 0 Å². The molecule has 2 aliphatic rings. The zero-order valence-electron chi connectivity index (χ0n) is 4.63. The van der Waals surface area contributed by atoms with E-state index in [9.17, 15) is 9.59 Å². The molecule has 2 heterocycles. The number of rotatable bonds is 0. The van der Waals surface area contributed by atoms with Gasteiger partial charge >= 0.3 is 5.91 Å². The van der Waals surface area contributed by atoms with Crippen LogP contribution in [0.25, 0.3) is 0 Å². The van der Waals surface area contributed by atoms with E-state index in [0.717, 1.165) is 0 Å². The SMILES string of the molecule is O=C1C(=O)N2CCN=C12. The van der Waals surface area contributed by atoms with Gasteiger partial charge in [0.1, 0.15) is 0 Å². The first-order valence-corrected chi connectivity index (χ1v) is 2.71. The van der Waals surface area contributed by atoms with Crippen LogP contribution in [0.15, 0.2) is 4.99 Å². The predicted molar refractivity (Wildman–Crippen MR) is 29.0 cm³/mol. The van der Waals surface area contributed by atoms with Crippen molar-refractivity contribution in [3.63, 3.8) is 0 Å². The van der Waals surface area contributed by atoms with Crippen molar-refractivity contribution in [2.75, 3.05) is 13.1 Å². The van der Waals surface area contributed by atoms with E-state index < -0.39 is 11.7 Å². The van der Waals surface area contributed by atoms with Crippen molar-refractivity contribution in [1.29, 1.82) is 0 Å². The van der Waals surface area contributed by atoms with Crippen LogP contribution in [0.5, 0.6) is 0 Å². The molecule has 0 spiro atoms. The largest absolute Gasteiger partial charge is 0.304 e. The van der Waals surface area contributed by atoms with E-state index in [2.05, 4.69) is 4.99 Å². The summed E-state index contributed by atoms with van der Waals surface area (Å²) in [6.07, 6.45) is 0. The van der Waals surface area contributed by atoms with Gasteiger partial charge in [-0.3, -0.25) is 19.5 Å². The lowest BCUT2D eigenvalue weighted by Crippen LogP contribution is -2.56. The Morgan fingerprint density at radius 2 is 2.22 bits per heavy atom. The quantitative estimate of drug-likeness (QED) is 0.301. The molecule has 0 atom stereocenters. The third kappa shape index (κ3) is 0.364. The maximum atomic E-state index is 10.5. The van der Waals surface area contributed by atoms with Gasteiger partial charge in [-0.15, -0.1) is 0 Å². The summed E-state index contributed by atoms with van der Waals surface area (Å²) in [4.78, 5) is 26.3. The fourth-order valence-corrected chi connectivity index (χ4v) is 1.00. The number of amides is 1. The molecule has 0 aromatic rings. The number of carbonyl (C=O) groups is 2. The van der Waals surface area contributed by atoms with Gasteiger partial charge < -0.3 is 0 Å². The van der Waals surface area contributed by atoms with Crippen LogP contribution >= 0.6 is 0 Å². The molecule has 0 unspecified atom stereocenters. The number of aliphatic imine (C=N–C) groups is 1. The molecule has 1 fully saturated rings. The van der Waals surface area contributed by atoms with Crippen LogP contribution in [-0.2, 0) is 9.59 Å². The van der Waals surface area contributed by atoms with E-state index in [1.165, 1.54) is 4.90 Å². The summed E-state index contributed by atoms with van der Waals surface area (Å²) in [5.41, 5.74) is 0. The molecule has 0 aromatic carbocycles. The highest BCUT2D eigenvalue weighted by atomic mass is 16.2. The fourth-order valence-electron chi connectivity index (χ4n) is 1.00. The highest BCUT2D eigenvalue weighted by molar-refractivity contribution is 6.75. The van der Waals surface area contributed by atoms with Gasteiger partial charge in [-0.25, -0.2) is 0 Å². The summed E-state index contributed by atoms with van der Waals surface area (Å²) < 4.78 is 0. The number of hydrogen-bond donors (Lipinski definition) is 0. The number of fused-ring (bicyclic) bond motifs is 1. The van der Waals surface area contributed by atoms with Crippen molar-refractivity contribution in [3.8, 4) is 0 Å². The van der Waals surface area contributed by atoms with E-state index in [4.69, 9.17) is 0 Å². The first-order valence-electron chi connectivity index (χ1n) is 2.71. The number of ketones is 1. The van der Waals surface area contributed by atoms with Crippen LogP contribution in [0.2, 0.25) is 0 Å².